The molecule has 2 aromatic rings. The largest absolute Gasteiger partial charge is 0.485 e. The van der Waals surface area contributed by atoms with E-state index in [4.69, 9.17) is 27.9 Å². The SMILES string of the molecule is CCCNCc1c(Cl)cccc1OCc1ncc(Cl)n1C. The minimum Gasteiger partial charge on any atom is -0.485 e. The fourth-order valence-electron chi connectivity index (χ4n) is 1.94. The summed E-state index contributed by atoms with van der Waals surface area (Å²) in [6, 6.07) is 5.67. The van der Waals surface area contributed by atoms with E-state index in [2.05, 4.69) is 17.2 Å². The van der Waals surface area contributed by atoms with Crippen LogP contribution in [0.2, 0.25) is 10.2 Å². The summed E-state index contributed by atoms with van der Waals surface area (Å²) < 4.78 is 7.66. The molecule has 0 spiro atoms. The zero-order valence-corrected chi connectivity index (χ0v) is 13.7. The predicted molar refractivity (Wildman–Crippen MR) is 86.0 cm³/mol. The number of nitrogens with zero attached hydrogens (tertiary/aromatic N) is 2. The summed E-state index contributed by atoms with van der Waals surface area (Å²) in [6.45, 7) is 4.11. The molecular formula is C15H19Cl2N3O. The number of hydrogen-bond acceptors (Lipinski definition) is 3. The van der Waals surface area contributed by atoms with E-state index < -0.39 is 0 Å². The van der Waals surface area contributed by atoms with Gasteiger partial charge >= 0.3 is 0 Å². The van der Waals surface area contributed by atoms with Crippen molar-refractivity contribution >= 4 is 23.2 Å². The summed E-state index contributed by atoms with van der Waals surface area (Å²) in [5.41, 5.74) is 0.966. The molecule has 0 saturated carbocycles. The lowest BCUT2D eigenvalue weighted by atomic mass is 10.2. The van der Waals surface area contributed by atoms with E-state index in [0.29, 0.717) is 23.3 Å². The number of imidazole rings is 1. The van der Waals surface area contributed by atoms with Crippen LogP contribution in [0.15, 0.2) is 24.4 Å². The third-order valence-electron chi connectivity index (χ3n) is 3.19. The van der Waals surface area contributed by atoms with Crippen molar-refractivity contribution < 1.29 is 4.74 Å². The van der Waals surface area contributed by atoms with Crippen molar-refractivity contribution in [2.24, 2.45) is 7.05 Å². The number of hydrogen-bond donors (Lipinski definition) is 1. The molecule has 0 bridgehead atoms. The molecule has 0 aliphatic carbocycles. The maximum Gasteiger partial charge on any atom is 0.147 e. The minimum absolute atomic E-state index is 0.352. The van der Waals surface area contributed by atoms with Crippen molar-refractivity contribution in [3.05, 3.63) is 46.0 Å². The molecule has 0 atom stereocenters. The van der Waals surface area contributed by atoms with Crippen LogP contribution in [-0.2, 0) is 20.2 Å². The van der Waals surface area contributed by atoms with Crippen molar-refractivity contribution in [1.82, 2.24) is 14.9 Å². The molecule has 0 radical (unpaired) electrons. The lowest BCUT2D eigenvalue weighted by Crippen LogP contribution is -2.15. The van der Waals surface area contributed by atoms with Crippen molar-refractivity contribution in [3.63, 3.8) is 0 Å². The highest BCUT2D eigenvalue weighted by Gasteiger charge is 2.10. The highest BCUT2D eigenvalue weighted by molar-refractivity contribution is 6.31. The van der Waals surface area contributed by atoms with Crippen LogP contribution < -0.4 is 10.1 Å². The van der Waals surface area contributed by atoms with Crippen LogP contribution in [0.5, 0.6) is 5.75 Å². The molecule has 0 aliphatic heterocycles. The van der Waals surface area contributed by atoms with Gasteiger partial charge < -0.3 is 14.6 Å². The highest BCUT2D eigenvalue weighted by atomic mass is 35.5. The predicted octanol–water partition coefficient (Wildman–Crippen LogP) is 3.81. The Morgan fingerprint density at radius 1 is 1.33 bits per heavy atom. The van der Waals surface area contributed by atoms with E-state index in [1.165, 1.54) is 0 Å². The van der Waals surface area contributed by atoms with Gasteiger partial charge in [0.25, 0.3) is 0 Å². The van der Waals surface area contributed by atoms with Crippen molar-refractivity contribution in [2.75, 3.05) is 6.54 Å². The Labute approximate surface area is 135 Å². The lowest BCUT2D eigenvalue weighted by molar-refractivity contribution is 0.288. The maximum atomic E-state index is 6.26. The molecule has 1 aromatic carbocycles. The summed E-state index contributed by atoms with van der Waals surface area (Å²) in [7, 11) is 1.86. The monoisotopic (exact) mass is 327 g/mol. The average Bonchev–Trinajstić information content (AvgIpc) is 2.79. The second-order valence-corrected chi connectivity index (χ2v) is 5.53. The molecule has 0 fully saturated rings. The molecular weight excluding hydrogens is 309 g/mol. The zero-order chi connectivity index (χ0) is 15.2. The lowest BCUT2D eigenvalue weighted by Gasteiger charge is -2.13. The van der Waals surface area contributed by atoms with Crippen LogP contribution in [0.3, 0.4) is 0 Å². The second kappa shape index (κ2) is 7.69. The summed E-state index contributed by atoms with van der Waals surface area (Å²) in [6.07, 6.45) is 2.69. The van der Waals surface area contributed by atoms with Gasteiger partial charge in [0.2, 0.25) is 0 Å². The van der Waals surface area contributed by atoms with Gasteiger partial charge in [0.1, 0.15) is 23.3 Å². The van der Waals surface area contributed by atoms with E-state index in [-0.39, 0.29) is 0 Å². The molecule has 114 valence electrons. The topological polar surface area (TPSA) is 39.1 Å². The Bertz CT molecular complexity index is 599. The first-order valence-electron chi connectivity index (χ1n) is 6.90. The van der Waals surface area contributed by atoms with E-state index in [0.717, 1.165) is 30.1 Å². The number of halogens is 2. The van der Waals surface area contributed by atoms with E-state index in [1.807, 2.05) is 25.2 Å². The van der Waals surface area contributed by atoms with E-state index in [9.17, 15) is 0 Å². The van der Waals surface area contributed by atoms with E-state index >= 15 is 0 Å². The smallest absolute Gasteiger partial charge is 0.147 e. The van der Waals surface area contributed by atoms with Gasteiger partial charge in [-0.1, -0.05) is 36.2 Å². The van der Waals surface area contributed by atoms with Gasteiger partial charge in [-0.25, -0.2) is 4.98 Å². The first-order chi connectivity index (χ1) is 10.1. The fourth-order valence-corrected chi connectivity index (χ4v) is 2.32. The molecule has 21 heavy (non-hydrogen) atoms. The van der Waals surface area contributed by atoms with Crippen molar-refractivity contribution in [3.8, 4) is 5.75 Å². The van der Waals surface area contributed by atoms with Crippen LogP contribution >= 0.6 is 23.2 Å². The standard InChI is InChI=1S/C15H19Cl2N3O/c1-3-7-18-8-11-12(16)5-4-6-13(11)21-10-15-19-9-14(17)20(15)2/h4-6,9,18H,3,7-8,10H2,1-2H3. The normalized spacial score (nSPS) is 10.9. The Morgan fingerprint density at radius 3 is 2.81 bits per heavy atom. The van der Waals surface area contributed by atoms with E-state index in [1.54, 1.807) is 10.8 Å². The number of ether oxygens (including phenoxy) is 1. The van der Waals surface area contributed by atoms with Gasteiger partial charge in [-0.05, 0) is 25.1 Å². The van der Waals surface area contributed by atoms with Gasteiger partial charge in [0, 0.05) is 24.2 Å². The minimum atomic E-state index is 0.352. The number of benzene rings is 1. The molecule has 0 unspecified atom stereocenters. The van der Waals surface area contributed by atoms with Crippen LogP contribution in [0.4, 0.5) is 0 Å². The van der Waals surface area contributed by atoms with Crippen LogP contribution in [0, 0.1) is 0 Å². The van der Waals surface area contributed by atoms with Gasteiger partial charge in [-0.2, -0.15) is 0 Å². The summed E-state index contributed by atoms with van der Waals surface area (Å²) in [5.74, 6) is 1.54. The summed E-state index contributed by atoms with van der Waals surface area (Å²) in [5, 5.41) is 4.63. The molecule has 1 heterocycles. The summed E-state index contributed by atoms with van der Waals surface area (Å²) in [4.78, 5) is 4.22. The second-order valence-electron chi connectivity index (χ2n) is 4.74. The fraction of sp³-hybridized carbons (Fsp3) is 0.400. The molecule has 0 saturated heterocycles. The number of aromatic nitrogens is 2. The molecule has 2 rings (SSSR count). The molecule has 1 N–H and O–H groups in total. The first-order valence-corrected chi connectivity index (χ1v) is 7.66. The Morgan fingerprint density at radius 2 is 2.14 bits per heavy atom. The summed E-state index contributed by atoms with van der Waals surface area (Å²) >= 11 is 12.2. The molecule has 0 amide bonds. The average molecular weight is 328 g/mol. The third-order valence-corrected chi connectivity index (χ3v) is 3.89. The quantitative estimate of drug-likeness (QED) is 0.786. The van der Waals surface area contributed by atoms with Crippen LogP contribution in [0.1, 0.15) is 24.7 Å². The maximum absolute atomic E-state index is 6.26. The van der Waals surface area contributed by atoms with Gasteiger partial charge in [0.15, 0.2) is 0 Å². The van der Waals surface area contributed by atoms with Crippen molar-refractivity contribution in [1.29, 1.82) is 0 Å². The molecule has 4 nitrogen and oxygen atoms in total. The number of nitrogens with one attached hydrogen (secondary N) is 1. The van der Waals surface area contributed by atoms with Crippen LogP contribution in [0.25, 0.3) is 0 Å². The van der Waals surface area contributed by atoms with Crippen LogP contribution in [-0.4, -0.2) is 16.1 Å². The number of rotatable bonds is 7. The molecule has 6 heteroatoms. The van der Waals surface area contributed by atoms with Gasteiger partial charge in [-0.15, -0.1) is 0 Å². The first kappa shape index (κ1) is 16.1. The Balaban J connectivity index is 2.08. The zero-order valence-electron chi connectivity index (χ0n) is 12.2. The van der Waals surface area contributed by atoms with Gasteiger partial charge in [-0.3, -0.25) is 0 Å². The Kier molecular flexibility index (Phi) is 5.91. The Hall–Kier alpha value is -1.23. The third kappa shape index (κ3) is 4.13. The molecule has 0 aliphatic rings. The van der Waals surface area contributed by atoms with Crippen molar-refractivity contribution in [2.45, 2.75) is 26.5 Å². The highest BCUT2D eigenvalue weighted by Crippen LogP contribution is 2.27. The van der Waals surface area contributed by atoms with Gasteiger partial charge in [0.05, 0.1) is 6.20 Å². The molecule has 1 aromatic heterocycles.